The molecule has 0 radical (unpaired) electrons. The highest BCUT2D eigenvalue weighted by molar-refractivity contribution is 5.92. The summed E-state index contributed by atoms with van der Waals surface area (Å²) in [6, 6.07) is 17.8. The molecule has 1 atom stereocenters. The van der Waals surface area contributed by atoms with Gasteiger partial charge in [-0.25, -0.2) is 0 Å². The number of nitrogens with one attached hydrogen (secondary N) is 2. The first-order valence-corrected chi connectivity index (χ1v) is 9.38. The van der Waals surface area contributed by atoms with Gasteiger partial charge in [-0.3, -0.25) is 0 Å². The number of H-pyrrole nitrogens is 1. The Kier molecular flexibility index (Phi) is 4.50. The molecule has 0 unspecified atom stereocenters. The summed E-state index contributed by atoms with van der Waals surface area (Å²) in [7, 11) is 0. The molecule has 1 fully saturated rings. The summed E-state index contributed by atoms with van der Waals surface area (Å²) in [6.45, 7) is 2.16. The third-order valence-corrected chi connectivity index (χ3v) is 5.31. The lowest BCUT2D eigenvalue weighted by Crippen LogP contribution is -2.15. The largest absolute Gasteiger partial charge is 0.381 e. The maximum Gasteiger partial charge on any atom is 0.0692 e. The van der Waals surface area contributed by atoms with E-state index in [1.807, 2.05) is 6.07 Å². The highest BCUT2D eigenvalue weighted by Crippen LogP contribution is 2.31. The van der Waals surface area contributed by atoms with Gasteiger partial charge in [-0.2, -0.15) is 0 Å². The third kappa shape index (κ3) is 3.57. The number of aryl methyl sites for hydroxylation is 1. The molecule has 0 aliphatic heterocycles. The quantitative estimate of drug-likeness (QED) is 0.610. The lowest BCUT2D eigenvalue weighted by atomic mass is 10.0. The summed E-state index contributed by atoms with van der Waals surface area (Å²) < 4.78 is 0. The second kappa shape index (κ2) is 6.93. The van der Waals surface area contributed by atoms with Crippen molar-refractivity contribution in [1.82, 2.24) is 4.98 Å². The van der Waals surface area contributed by atoms with E-state index in [0.29, 0.717) is 6.04 Å². The van der Waals surface area contributed by atoms with Gasteiger partial charge in [0, 0.05) is 23.2 Å². The van der Waals surface area contributed by atoms with Crippen molar-refractivity contribution in [3.8, 4) is 0 Å². The Morgan fingerprint density at radius 1 is 1.12 bits per heavy atom. The van der Waals surface area contributed by atoms with Crippen LogP contribution in [0, 0.1) is 6.92 Å². The standard InChI is InChI=1S/C22H27N3/c1-15-11-17-14-20(19(23)13-16-7-3-2-4-8-16)25-22(17)21(12-15)24-18-9-5-6-10-18/h2-4,7-8,11-12,14,18-19,24-25H,5-6,9-10,13,23H2,1H3/t19-/m1/s1. The van der Waals surface area contributed by atoms with Crippen molar-refractivity contribution >= 4 is 16.6 Å². The van der Waals surface area contributed by atoms with Gasteiger partial charge in [0.05, 0.1) is 11.2 Å². The lowest BCUT2D eigenvalue weighted by Gasteiger charge is -2.15. The monoisotopic (exact) mass is 333 g/mol. The van der Waals surface area contributed by atoms with Crippen LogP contribution >= 0.6 is 0 Å². The van der Waals surface area contributed by atoms with Crippen LogP contribution in [0.5, 0.6) is 0 Å². The van der Waals surface area contributed by atoms with Crippen LogP contribution in [0.2, 0.25) is 0 Å². The van der Waals surface area contributed by atoms with Crippen LogP contribution in [0.25, 0.3) is 10.9 Å². The van der Waals surface area contributed by atoms with Crippen LogP contribution in [0.1, 0.15) is 48.5 Å². The van der Waals surface area contributed by atoms with E-state index in [1.165, 1.54) is 53.4 Å². The number of anilines is 1. The molecule has 0 spiro atoms. The molecule has 4 N–H and O–H groups in total. The van der Waals surface area contributed by atoms with Gasteiger partial charge in [0.25, 0.3) is 0 Å². The molecule has 1 heterocycles. The van der Waals surface area contributed by atoms with Crippen molar-refractivity contribution in [2.24, 2.45) is 5.73 Å². The van der Waals surface area contributed by atoms with E-state index in [1.54, 1.807) is 0 Å². The van der Waals surface area contributed by atoms with Crippen molar-refractivity contribution in [1.29, 1.82) is 0 Å². The van der Waals surface area contributed by atoms with E-state index < -0.39 is 0 Å². The highest BCUT2D eigenvalue weighted by Gasteiger charge is 2.17. The number of benzene rings is 2. The molecule has 3 heteroatoms. The fraction of sp³-hybridized carbons (Fsp3) is 0.364. The van der Waals surface area contributed by atoms with Gasteiger partial charge < -0.3 is 16.0 Å². The minimum atomic E-state index is -0.0190. The molecular weight excluding hydrogens is 306 g/mol. The first kappa shape index (κ1) is 16.2. The van der Waals surface area contributed by atoms with Crippen LogP contribution in [0.4, 0.5) is 5.69 Å². The van der Waals surface area contributed by atoms with Gasteiger partial charge in [-0.1, -0.05) is 43.2 Å². The fourth-order valence-electron chi connectivity index (χ4n) is 4.00. The maximum absolute atomic E-state index is 6.49. The van der Waals surface area contributed by atoms with Gasteiger partial charge in [-0.15, -0.1) is 0 Å². The van der Waals surface area contributed by atoms with Crippen LogP contribution in [0.3, 0.4) is 0 Å². The molecule has 25 heavy (non-hydrogen) atoms. The topological polar surface area (TPSA) is 53.8 Å². The van der Waals surface area contributed by atoms with Gasteiger partial charge in [0.1, 0.15) is 0 Å². The van der Waals surface area contributed by atoms with Crippen molar-refractivity contribution in [2.75, 3.05) is 5.32 Å². The van der Waals surface area contributed by atoms with Crippen LogP contribution in [-0.4, -0.2) is 11.0 Å². The number of hydrogen-bond donors (Lipinski definition) is 3. The zero-order valence-electron chi connectivity index (χ0n) is 14.9. The average Bonchev–Trinajstić information content (AvgIpc) is 3.25. The Hall–Kier alpha value is -2.26. The Morgan fingerprint density at radius 2 is 1.88 bits per heavy atom. The SMILES string of the molecule is Cc1cc(NC2CCCC2)c2[nH]c([C@H](N)Cc3ccccc3)cc2c1. The Balaban J connectivity index is 1.62. The Labute approximate surface area is 149 Å². The van der Waals surface area contributed by atoms with E-state index in [9.17, 15) is 0 Å². The number of nitrogens with two attached hydrogens (primary N) is 1. The van der Waals surface area contributed by atoms with E-state index in [-0.39, 0.29) is 6.04 Å². The third-order valence-electron chi connectivity index (χ3n) is 5.31. The zero-order valence-corrected chi connectivity index (χ0v) is 14.9. The second-order valence-corrected chi connectivity index (χ2v) is 7.42. The summed E-state index contributed by atoms with van der Waals surface area (Å²) in [4.78, 5) is 3.60. The van der Waals surface area contributed by atoms with Crippen molar-refractivity contribution < 1.29 is 0 Å². The number of rotatable bonds is 5. The summed E-state index contributed by atoms with van der Waals surface area (Å²) in [6.07, 6.45) is 6.07. The van der Waals surface area contributed by atoms with Crippen molar-refractivity contribution in [2.45, 2.75) is 51.1 Å². The number of aromatic amines is 1. The predicted octanol–water partition coefficient (Wildman–Crippen LogP) is 5.07. The van der Waals surface area contributed by atoms with Crippen LogP contribution in [-0.2, 0) is 6.42 Å². The van der Waals surface area contributed by atoms with Crippen LogP contribution < -0.4 is 11.1 Å². The molecule has 1 saturated carbocycles. The highest BCUT2D eigenvalue weighted by atomic mass is 14.9. The minimum absolute atomic E-state index is 0.0190. The molecule has 130 valence electrons. The number of fused-ring (bicyclic) bond motifs is 1. The molecule has 4 rings (SSSR count). The first-order valence-electron chi connectivity index (χ1n) is 9.38. The average molecular weight is 333 g/mol. The second-order valence-electron chi connectivity index (χ2n) is 7.42. The van der Waals surface area contributed by atoms with Gasteiger partial charge >= 0.3 is 0 Å². The summed E-state index contributed by atoms with van der Waals surface area (Å²) in [5.74, 6) is 0. The van der Waals surface area contributed by atoms with Crippen molar-refractivity contribution in [3.63, 3.8) is 0 Å². The molecule has 0 saturated heterocycles. The normalized spacial score (nSPS) is 16.4. The fourth-order valence-corrected chi connectivity index (χ4v) is 4.00. The van der Waals surface area contributed by atoms with Crippen LogP contribution in [0.15, 0.2) is 48.5 Å². The first-order chi connectivity index (χ1) is 12.2. The van der Waals surface area contributed by atoms with Crippen molar-refractivity contribution in [3.05, 3.63) is 65.4 Å². The van der Waals surface area contributed by atoms with E-state index >= 15 is 0 Å². The smallest absolute Gasteiger partial charge is 0.0692 e. The molecule has 3 aromatic rings. The predicted molar refractivity (Wildman–Crippen MR) is 106 cm³/mol. The number of hydrogen-bond acceptors (Lipinski definition) is 2. The summed E-state index contributed by atoms with van der Waals surface area (Å²) in [5, 5.41) is 5.00. The summed E-state index contributed by atoms with van der Waals surface area (Å²) >= 11 is 0. The van der Waals surface area contributed by atoms with Gasteiger partial charge in [0.2, 0.25) is 0 Å². The van der Waals surface area contributed by atoms with Gasteiger partial charge in [0.15, 0.2) is 0 Å². The molecule has 1 aromatic heterocycles. The van der Waals surface area contributed by atoms with Gasteiger partial charge in [-0.05, 0) is 55.5 Å². The zero-order chi connectivity index (χ0) is 17.2. The molecule has 0 amide bonds. The van der Waals surface area contributed by atoms with E-state index in [2.05, 4.69) is 59.7 Å². The molecule has 3 nitrogen and oxygen atoms in total. The van der Waals surface area contributed by atoms with E-state index in [0.717, 1.165) is 12.1 Å². The lowest BCUT2D eigenvalue weighted by molar-refractivity contribution is 0.703. The molecule has 2 aromatic carbocycles. The van der Waals surface area contributed by atoms with E-state index in [4.69, 9.17) is 5.73 Å². The minimum Gasteiger partial charge on any atom is -0.381 e. The molecule has 0 bridgehead atoms. The molecule has 1 aliphatic rings. The Bertz CT molecular complexity index is 844. The molecule has 1 aliphatic carbocycles. The maximum atomic E-state index is 6.49. The summed E-state index contributed by atoms with van der Waals surface area (Å²) in [5.41, 5.74) is 12.6. The Morgan fingerprint density at radius 3 is 2.64 bits per heavy atom. The number of aromatic nitrogens is 1. The molecular formula is C22H27N3.